The van der Waals surface area contributed by atoms with Crippen molar-refractivity contribution in [3.8, 4) is 0 Å². The number of hydrogen-bond acceptors (Lipinski definition) is 2. The fourth-order valence-electron chi connectivity index (χ4n) is 2.32. The fourth-order valence-corrected chi connectivity index (χ4v) is 2.32. The van der Waals surface area contributed by atoms with Gasteiger partial charge >= 0.3 is 0 Å². The Balaban J connectivity index is 1.69. The molecule has 2 aromatic rings. The third-order valence-electron chi connectivity index (χ3n) is 3.84. The maximum absolute atomic E-state index is 13.4. The lowest BCUT2D eigenvalue weighted by Gasteiger charge is -2.19. The lowest BCUT2D eigenvalue weighted by molar-refractivity contribution is 0.0952. The number of rotatable bonds is 7. The Hall–Kier alpha value is -2.36. The van der Waals surface area contributed by atoms with Crippen LogP contribution >= 0.6 is 0 Å². The van der Waals surface area contributed by atoms with Crippen molar-refractivity contribution in [3.05, 3.63) is 65.5 Å². The van der Waals surface area contributed by atoms with Gasteiger partial charge in [-0.15, -0.1) is 0 Å². The first-order valence-electron chi connectivity index (χ1n) is 7.88. The molecule has 0 bridgehead atoms. The first kappa shape index (κ1) is 17.0. The first-order valence-corrected chi connectivity index (χ1v) is 7.88. The topological polar surface area (TPSA) is 32.3 Å². The highest BCUT2D eigenvalue weighted by Gasteiger charge is 2.07. The summed E-state index contributed by atoms with van der Waals surface area (Å²) in [6, 6.07) is 14.8. The number of benzene rings is 2. The van der Waals surface area contributed by atoms with Gasteiger partial charge in [-0.3, -0.25) is 4.79 Å². The van der Waals surface area contributed by atoms with Gasteiger partial charge in [0, 0.05) is 31.4 Å². The van der Waals surface area contributed by atoms with Crippen LogP contribution in [0.2, 0.25) is 0 Å². The Kier molecular flexibility index (Phi) is 6.15. The van der Waals surface area contributed by atoms with Crippen LogP contribution in [-0.4, -0.2) is 26.0 Å². The van der Waals surface area contributed by atoms with Gasteiger partial charge in [0.25, 0.3) is 5.91 Å². The van der Waals surface area contributed by atoms with Gasteiger partial charge in [0.05, 0.1) is 0 Å². The molecule has 4 heteroatoms. The highest BCUT2D eigenvalue weighted by molar-refractivity contribution is 5.94. The smallest absolute Gasteiger partial charge is 0.251 e. The predicted molar refractivity (Wildman–Crippen MR) is 92.4 cm³/mol. The Labute approximate surface area is 137 Å². The van der Waals surface area contributed by atoms with Crippen molar-refractivity contribution in [1.82, 2.24) is 5.32 Å². The van der Waals surface area contributed by atoms with Gasteiger partial charge in [-0.1, -0.05) is 24.3 Å². The van der Waals surface area contributed by atoms with Gasteiger partial charge < -0.3 is 10.2 Å². The molecule has 0 atom stereocenters. The van der Waals surface area contributed by atoms with Crippen LogP contribution in [0.1, 0.15) is 28.8 Å². The average Bonchev–Trinajstić information content (AvgIpc) is 2.57. The van der Waals surface area contributed by atoms with Crippen LogP contribution in [0.5, 0.6) is 0 Å². The first-order chi connectivity index (χ1) is 11.1. The number of anilines is 1. The molecule has 0 aliphatic heterocycles. The number of nitrogens with one attached hydrogen (secondary N) is 1. The zero-order valence-electron chi connectivity index (χ0n) is 13.7. The van der Waals surface area contributed by atoms with E-state index in [0.717, 1.165) is 19.4 Å². The van der Waals surface area contributed by atoms with Crippen molar-refractivity contribution in [2.75, 3.05) is 25.0 Å². The number of carbonyl (C=O) groups excluding carboxylic acids is 1. The van der Waals surface area contributed by atoms with E-state index >= 15 is 0 Å². The van der Waals surface area contributed by atoms with Crippen molar-refractivity contribution in [2.45, 2.75) is 19.8 Å². The van der Waals surface area contributed by atoms with Gasteiger partial charge in [-0.2, -0.15) is 0 Å². The maximum atomic E-state index is 13.4. The van der Waals surface area contributed by atoms with Crippen LogP contribution in [0.25, 0.3) is 0 Å². The SMILES string of the molecule is Cc1ccc(C(=O)NCCCCN(C)c2ccccc2)cc1F. The molecule has 0 fully saturated rings. The summed E-state index contributed by atoms with van der Waals surface area (Å²) in [6.07, 6.45) is 1.87. The zero-order chi connectivity index (χ0) is 16.7. The summed E-state index contributed by atoms with van der Waals surface area (Å²) in [5, 5.41) is 2.84. The lowest BCUT2D eigenvalue weighted by Crippen LogP contribution is -2.26. The quantitative estimate of drug-likeness (QED) is 0.789. The number of amides is 1. The Morgan fingerprint density at radius 2 is 1.87 bits per heavy atom. The van der Waals surface area contributed by atoms with Crippen molar-refractivity contribution >= 4 is 11.6 Å². The summed E-state index contributed by atoms with van der Waals surface area (Å²) in [5.41, 5.74) is 2.10. The van der Waals surface area contributed by atoms with Crippen molar-refractivity contribution < 1.29 is 9.18 Å². The molecule has 0 radical (unpaired) electrons. The monoisotopic (exact) mass is 314 g/mol. The maximum Gasteiger partial charge on any atom is 0.251 e. The van der Waals surface area contributed by atoms with E-state index in [-0.39, 0.29) is 11.7 Å². The summed E-state index contributed by atoms with van der Waals surface area (Å²) in [6.45, 7) is 3.20. The Bertz CT molecular complexity index is 643. The number of aryl methyl sites for hydroxylation is 1. The van der Waals surface area contributed by atoms with Crippen LogP contribution in [0.15, 0.2) is 48.5 Å². The molecular weight excluding hydrogens is 291 g/mol. The van der Waals surface area contributed by atoms with E-state index in [1.807, 2.05) is 18.2 Å². The number of carbonyl (C=O) groups is 1. The second-order valence-corrected chi connectivity index (χ2v) is 5.68. The molecule has 0 saturated heterocycles. The van der Waals surface area contributed by atoms with Crippen LogP contribution < -0.4 is 10.2 Å². The van der Waals surface area contributed by atoms with E-state index in [1.165, 1.54) is 11.8 Å². The second-order valence-electron chi connectivity index (χ2n) is 5.68. The van der Waals surface area contributed by atoms with Crippen molar-refractivity contribution in [1.29, 1.82) is 0 Å². The lowest BCUT2D eigenvalue weighted by atomic mass is 10.1. The summed E-state index contributed by atoms with van der Waals surface area (Å²) in [7, 11) is 2.06. The predicted octanol–water partition coefficient (Wildman–Crippen LogP) is 3.78. The largest absolute Gasteiger partial charge is 0.375 e. The standard InChI is InChI=1S/C19H23FN2O/c1-15-10-11-16(14-18(15)20)19(23)21-12-6-7-13-22(2)17-8-4-3-5-9-17/h3-5,8-11,14H,6-7,12-13H2,1-2H3,(H,21,23). The number of hydrogen-bond donors (Lipinski definition) is 1. The molecule has 23 heavy (non-hydrogen) atoms. The molecule has 0 aromatic heterocycles. The van der Waals surface area contributed by atoms with Crippen LogP contribution in [0, 0.1) is 12.7 Å². The van der Waals surface area contributed by atoms with Crippen molar-refractivity contribution in [2.24, 2.45) is 0 Å². The Morgan fingerprint density at radius 1 is 1.13 bits per heavy atom. The number of unbranched alkanes of at least 4 members (excludes halogenated alkanes) is 1. The minimum Gasteiger partial charge on any atom is -0.375 e. The molecule has 0 saturated carbocycles. The Morgan fingerprint density at radius 3 is 2.57 bits per heavy atom. The van der Waals surface area contributed by atoms with E-state index < -0.39 is 0 Å². The molecule has 2 rings (SSSR count). The van der Waals surface area contributed by atoms with E-state index in [4.69, 9.17) is 0 Å². The van der Waals surface area contributed by atoms with E-state index in [9.17, 15) is 9.18 Å². The van der Waals surface area contributed by atoms with Crippen molar-refractivity contribution in [3.63, 3.8) is 0 Å². The van der Waals surface area contributed by atoms with Gasteiger partial charge in [-0.25, -0.2) is 4.39 Å². The highest BCUT2D eigenvalue weighted by Crippen LogP contribution is 2.11. The van der Waals surface area contributed by atoms with Crippen LogP contribution in [-0.2, 0) is 0 Å². The van der Waals surface area contributed by atoms with Gasteiger partial charge in [0.1, 0.15) is 5.82 Å². The third kappa shape index (κ3) is 5.09. The molecule has 2 aromatic carbocycles. The minimum absolute atomic E-state index is 0.222. The van der Waals surface area contributed by atoms with E-state index in [2.05, 4.69) is 29.4 Å². The van der Waals surface area contributed by atoms with Gasteiger partial charge in [-0.05, 0) is 49.6 Å². The molecule has 0 spiro atoms. The molecule has 1 N–H and O–H groups in total. The van der Waals surface area contributed by atoms with E-state index in [0.29, 0.717) is 17.7 Å². The molecule has 0 aliphatic rings. The van der Waals surface area contributed by atoms with Gasteiger partial charge in [0.15, 0.2) is 0 Å². The van der Waals surface area contributed by atoms with Crippen LogP contribution in [0.4, 0.5) is 10.1 Å². The molecule has 1 amide bonds. The van der Waals surface area contributed by atoms with Gasteiger partial charge in [0.2, 0.25) is 0 Å². The van der Waals surface area contributed by atoms with E-state index in [1.54, 1.807) is 19.1 Å². The zero-order valence-corrected chi connectivity index (χ0v) is 13.7. The molecule has 0 heterocycles. The van der Waals surface area contributed by atoms with Crippen LogP contribution in [0.3, 0.4) is 0 Å². The highest BCUT2D eigenvalue weighted by atomic mass is 19.1. The number of halogens is 1. The summed E-state index contributed by atoms with van der Waals surface area (Å²) >= 11 is 0. The molecule has 0 unspecified atom stereocenters. The summed E-state index contributed by atoms with van der Waals surface area (Å²) in [4.78, 5) is 14.1. The average molecular weight is 314 g/mol. The molecular formula is C19H23FN2O. The summed E-state index contributed by atoms with van der Waals surface area (Å²) in [5.74, 6) is -0.567. The molecule has 0 aliphatic carbocycles. The fraction of sp³-hybridized carbons (Fsp3) is 0.316. The normalized spacial score (nSPS) is 10.4. The number of nitrogens with zero attached hydrogens (tertiary/aromatic N) is 1. The number of para-hydroxylation sites is 1. The third-order valence-corrected chi connectivity index (χ3v) is 3.84. The molecule has 3 nitrogen and oxygen atoms in total. The molecule has 122 valence electrons. The second kappa shape index (κ2) is 8.32. The minimum atomic E-state index is -0.345. The summed E-state index contributed by atoms with van der Waals surface area (Å²) < 4.78 is 13.4.